The maximum atomic E-state index is 5.69. The quantitative estimate of drug-likeness (QED) is 0.503. The Kier molecular flexibility index (Phi) is 7.65. The van der Waals surface area contributed by atoms with Crippen LogP contribution in [0.3, 0.4) is 0 Å². The van der Waals surface area contributed by atoms with Crippen LogP contribution in [-0.2, 0) is 0 Å². The zero-order valence-corrected chi connectivity index (χ0v) is 9.03. The molecule has 0 aromatic rings. The lowest BCUT2D eigenvalue weighted by molar-refractivity contribution is 0.268. The lowest BCUT2D eigenvalue weighted by atomic mass is 10.3. The number of nitrogens with zero attached hydrogens (tertiary/aromatic N) is 1. The Hall–Kier alpha value is -0.600. The van der Waals surface area contributed by atoms with Crippen LogP contribution in [0.2, 0.25) is 0 Å². The Balaban J connectivity index is 3.38. The highest BCUT2D eigenvalue weighted by molar-refractivity contribution is 4.91. The SMILES string of the molecule is CC=CCC=CCCN(C)C(C)N. The van der Waals surface area contributed by atoms with Crippen LogP contribution in [0.1, 0.15) is 26.7 Å². The molecule has 2 nitrogen and oxygen atoms in total. The van der Waals surface area contributed by atoms with Gasteiger partial charge in [-0.15, -0.1) is 0 Å². The van der Waals surface area contributed by atoms with Crippen LogP contribution in [-0.4, -0.2) is 24.7 Å². The van der Waals surface area contributed by atoms with Crippen molar-refractivity contribution in [3.8, 4) is 0 Å². The minimum absolute atomic E-state index is 0.156. The first kappa shape index (κ1) is 12.4. The summed E-state index contributed by atoms with van der Waals surface area (Å²) in [6, 6.07) is 0. The molecule has 0 saturated heterocycles. The van der Waals surface area contributed by atoms with E-state index in [1.54, 1.807) is 0 Å². The van der Waals surface area contributed by atoms with Crippen molar-refractivity contribution in [3.63, 3.8) is 0 Å². The molecular weight excluding hydrogens is 160 g/mol. The first-order valence-electron chi connectivity index (χ1n) is 4.90. The molecule has 0 aliphatic rings. The van der Waals surface area contributed by atoms with E-state index >= 15 is 0 Å². The van der Waals surface area contributed by atoms with Gasteiger partial charge in [-0.3, -0.25) is 4.90 Å². The average Bonchev–Trinajstić information content (AvgIpc) is 2.10. The smallest absolute Gasteiger partial charge is 0.0540 e. The van der Waals surface area contributed by atoms with Crippen LogP contribution < -0.4 is 5.73 Å². The Bertz CT molecular complexity index is 159. The number of allylic oxidation sites excluding steroid dienone is 3. The van der Waals surface area contributed by atoms with Gasteiger partial charge in [0.2, 0.25) is 0 Å². The van der Waals surface area contributed by atoms with Crippen molar-refractivity contribution in [1.29, 1.82) is 0 Å². The maximum Gasteiger partial charge on any atom is 0.0540 e. The van der Waals surface area contributed by atoms with Gasteiger partial charge < -0.3 is 5.73 Å². The summed E-state index contributed by atoms with van der Waals surface area (Å²) < 4.78 is 0. The predicted molar refractivity (Wildman–Crippen MR) is 59.5 cm³/mol. The van der Waals surface area contributed by atoms with E-state index < -0.39 is 0 Å². The van der Waals surface area contributed by atoms with E-state index in [1.165, 1.54) is 0 Å². The molecule has 0 fully saturated rings. The van der Waals surface area contributed by atoms with E-state index in [1.807, 2.05) is 20.9 Å². The van der Waals surface area contributed by atoms with Crippen molar-refractivity contribution < 1.29 is 0 Å². The number of nitrogens with two attached hydrogens (primary N) is 1. The van der Waals surface area contributed by atoms with Crippen LogP contribution in [0.4, 0.5) is 0 Å². The van der Waals surface area contributed by atoms with Crippen LogP contribution >= 0.6 is 0 Å². The van der Waals surface area contributed by atoms with Crippen molar-refractivity contribution in [2.24, 2.45) is 5.73 Å². The molecule has 0 aromatic carbocycles. The molecule has 0 spiro atoms. The fraction of sp³-hybridized carbons (Fsp3) is 0.636. The summed E-state index contributed by atoms with van der Waals surface area (Å²) in [5.74, 6) is 0. The highest BCUT2D eigenvalue weighted by Gasteiger charge is 1.99. The van der Waals surface area contributed by atoms with Crippen LogP contribution in [0.5, 0.6) is 0 Å². The lowest BCUT2D eigenvalue weighted by Crippen LogP contribution is -2.36. The largest absolute Gasteiger partial charge is 0.316 e. The topological polar surface area (TPSA) is 29.3 Å². The molecule has 0 amide bonds. The Labute approximate surface area is 82.1 Å². The fourth-order valence-corrected chi connectivity index (χ4v) is 0.911. The zero-order chi connectivity index (χ0) is 10.1. The second kappa shape index (κ2) is 8.02. The number of hydrogen-bond donors (Lipinski definition) is 1. The van der Waals surface area contributed by atoms with Gasteiger partial charge in [0.15, 0.2) is 0 Å². The molecule has 13 heavy (non-hydrogen) atoms. The van der Waals surface area contributed by atoms with E-state index in [0.717, 1.165) is 19.4 Å². The third kappa shape index (κ3) is 7.75. The van der Waals surface area contributed by atoms with Gasteiger partial charge in [0, 0.05) is 6.54 Å². The standard InChI is InChI=1S/C11H22N2/c1-4-5-6-7-8-9-10-13(3)11(2)12/h4-5,7-8,11H,6,9-10,12H2,1-3H3. The van der Waals surface area contributed by atoms with Gasteiger partial charge in [0.05, 0.1) is 6.17 Å². The van der Waals surface area contributed by atoms with E-state index in [2.05, 4.69) is 29.2 Å². The summed E-state index contributed by atoms with van der Waals surface area (Å²) in [6.45, 7) is 5.07. The third-order valence-corrected chi connectivity index (χ3v) is 2.02. The van der Waals surface area contributed by atoms with Crippen LogP contribution in [0.15, 0.2) is 24.3 Å². The van der Waals surface area contributed by atoms with Gasteiger partial charge in [-0.25, -0.2) is 0 Å². The summed E-state index contributed by atoms with van der Waals surface area (Å²) >= 11 is 0. The molecular formula is C11H22N2. The summed E-state index contributed by atoms with van der Waals surface area (Å²) in [4.78, 5) is 2.14. The summed E-state index contributed by atoms with van der Waals surface area (Å²) in [5.41, 5.74) is 5.69. The predicted octanol–water partition coefficient (Wildman–Crippen LogP) is 2.14. The van der Waals surface area contributed by atoms with Gasteiger partial charge in [-0.05, 0) is 33.7 Å². The van der Waals surface area contributed by atoms with Gasteiger partial charge in [-0.2, -0.15) is 0 Å². The Morgan fingerprint density at radius 3 is 2.54 bits per heavy atom. The normalized spacial score (nSPS) is 14.8. The summed E-state index contributed by atoms with van der Waals surface area (Å²) in [6.07, 6.45) is 10.9. The molecule has 0 saturated carbocycles. The molecule has 0 aliphatic carbocycles. The van der Waals surface area contributed by atoms with E-state index in [-0.39, 0.29) is 6.17 Å². The molecule has 0 radical (unpaired) electrons. The van der Waals surface area contributed by atoms with Crippen molar-refractivity contribution in [3.05, 3.63) is 24.3 Å². The zero-order valence-electron chi connectivity index (χ0n) is 9.03. The van der Waals surface area contributed by atoms with Crippen molar-refractivity contribution in [2.45, 2.75) is 32.9 Å². The molecule has 0 bridgehead atoms. The van der Waals surface area contributed by atoms with E-state index in [4.69, 9.17) is 5.73 Å². The molecule has 0 aliphatic heterocycles. The minimum atomic E-state index is 0.156. The third-order valence-electron chi connectivity index (χ3n) is 2.02. The van der Waals surface area contributed by atoms with Gasteiger partial charge >= 0.3 is 0 Å². The Morgan fingerprint density at radius 1 is 1.31 bits per heavy atom. The highest BCUT2D eigenvalue weighted by atomic mass is 15.2. The van der Waals surface area contributed by atoms with E-state index in [0.29, 0.717) is 0 Å². The van der Waals surface area contributed by atoms with Crippen molar-refractivity contribution in [1.82, 2.24) is 4.90 Å². The minimum Gasteiger partial charge on any atom is -0.316 e. The molecule has 1 unspecified atom stereocenters. The monoisotopic (exact) mass is 182 g/mol. The molecule has 1 atom stereocenters. The first-order valence-corrected chi connectivity index (χ1v) is 4.90. The van der Waals surface area contributed by atoms with Crippen LogP contribution in [0.25, 0.3) is 0 Å². The second-order valence-corrected chi connectivity index (χ2v) is 3.29. The van der Waals surface area contributed by atoms with Crippen molar-refractivity contribution >= 4 is 0 Å². The molecule has 0 heterocycles. The van der Waals surface area contributed by atoms with Gasteiger partial charge in [0.1, 0.15) is 0 Å². The van der Waals surface area contributed by atoms with Crippen LogP contribution in [0, 0.1) is 0 Å². The number of hydrogen-bond acceptors (Lipinski definition) is 2. The fourth-order valence-electron chi connectivity index (χ4n) is 0.911. The highest BCUT2D eigenvalue weighted by Crippen LogP contribution is 1.93. The molecule has 2 N–H and O–H groups in total. The Morgan fingerprint density at radius 2 is 2.00 bits per heavy atom. The second-order valence-electron chi connectivity index (χ2n) is 3.29. The first-order chi connectivity index (χ1) is 6.18. The summed E-state index contributed by atoms with van der Waals surface area (Å²) in [5, 5.41) is 0. The van der Waals surface area contributed by atoms with Gasteiger partial charge in [-0.1, -0.05) is 24.3 Å². The van der Waals surface area contributed by atoms with E-state index in [9.17, 15) is 0 Å². The molecule has 0 aromatic heterocycles. The lowest BCUT2D eigenvalue weighted by Gasteiger charge is -2.19. The average molecular weight is 182 g/mol. The van der Waals surface area contributed by atoms with Crippen molar-refractivity contribution in [2.75, 3.05) is 13.6 Å². The maximum absolute atomic E-state index is 5.69. The molecule has 2 heteroatoms. The molecule has 76 valence electrons. The molecule has 0 rings (SSSR count). The van der Waals surface area contributed by atoms with Gasteiger partial charge in [0.25, 0.3) is 0 Å². The summed E-state index contributed by atoms with van der Waals surface area (Å²) in [7, 11) is 2.05. The number of rotatable bonds is 6.